The predicted molar refractivity (Wildman–Crippen MR) is 42.6 cm³/mol. The first-order valence-electron chi connectivity index (χ1n) is 3.50. The third-order valence-electron chi connectivity index (χ3n) is 1.46. The van der Waals surface area contributed by atoms with Gasteiger partial charge in [-0.15, -0.1) is 0 Å². The summed E-state index contributed by atoms with van der Waals surface area (Å²) < 4.78 is 5.10. The minimum atomic E-state index is 1.01. The highest BCUT2D eigenvalue weighted by atomic mass is 16.5. The number of hydrogen-bond acceptors (Lipinski definition) is 1. The normalized spacial score (nSPS) is 17.5. The van der Waals surface area contributed by atoms with Gasteiger partial charge >= 0.3 is 0 Å². The molecule has 1 nitrogen and oxygen atoms in total. The van der Waals surface area contributed by atoms with Crippen molar-refractivity contribution in [1.82, 2.24) is 0 Å². The molecule has 0 saturated heterocycles. The van der Waals surface area contributed by atoms with Crippen molar-refractivity contribution in [2.24, 2.45) is 0 Å². The van der Waals surface area contributed by atoms with Crippen molar-refractivity contribution in [1.29, 1.82) is 0 Å². The highest BCUT2D eigenvalue weighted by molar-refractivity contribution is 5.16. The van der Waals surface area contributed by atoms with Gasteiger partial charge < -0.3 is 4.74 Å². The van der Waals surface area contributed by atoms with Crippen molar-refractivity contribution < 1.29 is 4.74 Å². The van der Waals surface area contributed by atoms with Gasteiger partial charge in [0, 0.05) is 6.42 Å². The van der Waals surface area contributed by atoms with Gasteiger partial charge in [0.2, 0.25) is 0 Å². The van der Waals surface area contributed by atoms with E-state index in [0.717, 1.165) is 18.6 Å². The Kier molecular flexibility index (Phi) is 2.81. The molecule has 0 aliphatic heterocycles. The van der Waals surface area contributed by atoms with E-state index in [1.54, 1.807) is 7.11 Å². The molecule has 0 unspecified atom stereocenters. The first-order valence-corrected chi connectivity index (χ1v) is 3.50. The van der Waals surface area contributed by atoms with E-state index in [0.29, 0.717) is 0 Å². The number of hydrogen-bond donors (Lipinski definition) is 0. The van der Waals surface area contributed by atoms with Gasteiger partial charge in [-0.2, -0.15) is 0 Å². The second kappa shape index (κ2) is 3.94. The molecule has 1 heteroatoms. The summed E-state index contributed by atoms with van der Waals surface area (Å²) >= 11 is 0. The molecule has 0 atom stereocenters. The third kappa shape index (κ3) is 2.09. The molecule has 0 heterocycles. The molecule has 0 amide bonds. The maximum atomic E-state index is 5.10. The van der Waals surface area contributed by atoms with E-state index in [2.05, 4.69) is 12.2 Å². The molecule has 0 radical (unpaired) electrons. The summed E-state index contributed by atoms with van der Waals surface area (Å²) in [4.78, 5) is 0. The average molecular weight is 136 g/mol. The summed E-state index contributed by atoms with van der Waals surface area (Å²) in [6.07, 6.45) is 12.3. The van der Waals surface area contributed by atoms with Gasteiger partial charge in [0.05, 0.1) is 12.9 Å². The van der Waals surface area contributed by atoms with Crippen LogP contribution in [0.2, 0.25) is 0 Å². The lowest BCUT2D eigenvalue weighted by atomic mass is 10.2. The summed E-state index contributed by atoms with van der Waals surface area (Å²) in [7, 11) is 1.71. The fourth-order valence-electron chi connectivity index (χ4n) is 0.881. The van der Waals surface area contributed by atoms with Crippen molar-refractivity contribution in [2.45, 2.75) is 12.8 Å². The molecule has 0 aromatic heterocycles. The molecule has 1 aliphatic carbocycles. The van der Waals surface area contributed by atoms with Crippen molar-refractivity contribution in [2.75, 3.05) is 7.11 Å². The van der Waals surface area contributed by atoms with Gasteiger partial charge in [0.25, 0.3) is 0 Å². The van der Waals surface area contributed by atoms with E-state index in [1.165, 1.54) is 0 Å². The number of methoxy groups -OCH3 is 1. The van der Waals surface area contributed by atoms with Crippen LogP contribution in [-0.4, -0.2) is 7.11 Å². The molecular weight excluding hydrogens is 124 g/mol. The number of allylic oxidation sites excluding steroid dienone is 6. The van der Waals surface area contributed by atoms with Crippen LogP contribution >= 0.6 is 0 Å². The summed E-state index contributed by atoms with van der Waals surface area (Å²) in [6.45, 7) is 0. The van der Waals surface area contributed by atoms with Crippen molar-refractivity contribution >= 4 is 0 Å². The number of ether oxygens (including phenoxy) is 1. The van der Waals surface area contributed by atoms with Gasteiger partial charge in [-0.1, -0.05) is 24.3 Å². The molecule has 0 fully saturated rings. The summed E-state index contributed by atoms with van der Waals surface area (Å²) in [5, 5.41) is 0. The van der Waals surface area contributed by atoms with Crippen LogP contribution < -0.4 is 0 Å². The Morgan fingerprint density at radius 3 is 3.00 bits per heavy atom. The van der Waals surface area contributed by atoms with Crippen LogP contribution in [-0.2, 0) is 4.74 Å². The van der Waals surface area contributed by atoms with E-state index in [1.807, 2.05) is 18.2 Å². The average Bonchev–Trinajstić information content (AvgIpc) is 1.87. The van der Waals surface area contributed by atoms with Crippen LogP contribution in [0, 0.1) is 0 Å². The molecule has 0 bridgehead atoms. The van der Waals surface area contributed by atoms with Crippen LogP contribution in [0.3, 0.4) is 0 Å². The van der Waals surface area contributed by atoms with Crippen LogP contribution in [0.15, 0.2) is 36.1 Å². The van der Waals surface area contributed by atoms with E-state index in [4.69, 9.17) is 4.74 Å². The molecule has 0 saturated carbocycles. The van der Waals surface area contributed by atoms with Gasteiger partial charge in [-0.05, 0) is 12.5 Å². The van der Waals surface area contributed by atoms with E-state index < -0.39 is 0 Å². The Balaban J connectivity index is 2.59. The molecule has 0 N–H and O–H groups in total. The maximum absolute atomic E-state index is 5.10. The molecule has 10 heavy (non-hydrogen) atoms. The van der Waals surface area contributed by atoms with Gasteiger partial charge in [-0.3, -0.25) is 0 Å². The monoisotopic (exact) mass is 136 g/mol. The SMILES string of the molecule is COC1=CC=CC=CCC1. The highest BCUT2D eigenvalue weighted by Gasteiger charge is 1.92. The van der Waals surface area contributed by atoms with Crippen LogP contribution in [0.25, 0.3) is 0 Å². The standard InChI is InChI=1S/C9H12O/c1-10-9-7-5-3-2-4-6-8-9/h2-5,7H,6,8H2,1H3. The first kappa shape index (κ1) is 7.13. The Hall–Kier alpha value is -0.980. The van der Waals surface area contributed by atoms with E-state index >= 15 is 0 Å². The van der Waals surface area contributed by atoms with Crippen molar-refractivity contribution in [3.8, 4) is 0 Å². The number of rotatable bonds is 1. The quantitative estimate of drug-likeness (QED) is 0.538. The van der Waals surface area contributed by atoms with Crippen LogP contribution in [0.1, 0.15) is 12.8 Å². The predicted octanol–water partition coefficient (Wildman–Crippen LogP) is 2.42. The second-order valence-electron chi connectivity index (χ2n) is 2.19. The van der Waals surface area contributed by atoms with Crippen LogP contribution in [0.4, 0.5) is 0 Å². The Bertz CT molecular complexity index is 175. The Labute approximate surface area is 61.7 Å². The summed E-state index contributed by atoms with van der Waals surface area (Å²) in [6, 6.07) is 0. The summed E-state index contributed by atoms with van der Waals surface area (Å²) in [5.41, 5.74) is 0. The summed E-state index contributed by atoms with van der Waals surface area (Å²) in [5.74, 6) is 1.06. The fourth-order valence-corrected chi connectivity index (χ4v) is 0.881. The highest BCUT2D eigenvalue weighted by Crippen LogP contribution is 2.08. The molecule has 0 aromatic rings. The lowest BCUT2D eigenvalue weighted by Crippen LogP contribution is -1.86. The minimum Gasteiger partial charge on any atom is -0.501 e. The van der Waals surface area contributed by atoms with Gasteiger partial charge in [0.1, 0.15) is 0 Å². The lowest BCUT2D eigenvalue weighted by Gasteiger charge is -2.03. The molecule has 0 spiro atoms. The Morgan fingerprint density at radius 1 is 1.30 bits per heavy atom. The minimum absolute atomic E-state index is 1.01. The molecule has 54 valence electrons. The van der Waals surface area contributed by atoms with Gasteiger partial charge in [-0.25, -0.2) is 0 Å². The maximum Gasteiger partial charge on any atom is 0.0958 e. The van der Waals surface area contributed by atoms with E-state index in [-0.39, 0.29) is 0 Å². The zero-order valence-electron chi connectivity index (χ0n) is 6.21. The fraction of sp³-hybridized carbons (Fsp3) is 0.333. The Morgan fingerprint density at radius 2 is 2.20 bits per heavy atom. The van der Waals surface area contributed by atoms with Crippen molar-refractivity contribution in [3.63, 3.8) is 0 Å². The first-order chi connectivity index (χ1) is 4.93. The largest absolute Gasteiger partial charge is 0.501 e. The topological polar surface area (TPSA) is 9.23 Å². The van der Waals surface area contributed by atoms with Crippen LogP contribution in [0.5, 0.6) is 0 Å². The third-order valence-corrected chi connectivity index (χ3v) is 1.46. The zero-order valence-corrected chi connectivity index (χ0v) is 6.21. The smallest absolute Gasteiger partial charge is 0.0958 e. The molecule has 1 rings (SSSR count). The van der Waals surface area contributed by atoms with Crippen molar-refractivity contribution in [3.05, 3.63) is 36.1 Å². The van der Waals surface area contributed by atoms with E-state index in [9.17, 15) is 0 Å². The molecule has 0 aromatic carbocycles. The second-order valence-corrected chi connectivity index (χ2v) is 2.19. The zero-order chi connectivity index (χ0) is 7.23. The lowest BCUT2D eigenvalue weighted by molar-refractivity contribution is 0.278. The molecule has 1 aliphatic rings. The van der Waals surface area contributed by atoms with Gasteiger partial charge in [0.15, 0.2) is 0 Å². The molecular formula is C9H12O.